The van der Waals surface area contributed by atoms with Crippen LogP contribution in [0.5, 0.6) is 0 Å². The highest BCUT2D eigenvalue weighted by Crippen LogP contribution is 2.21. The Balaban J connectivity index is 1.81. The van der Waals surface area contributed by atoms with Crippen molar-refractivity contribution < 1.29 is 4.52 Å². The number of aromatic nitrogens is 2. The summed E-state index contributed by atoms with van der Waals surface area (Å²) in [4.78, 5) is 5.61. The van der Waals surface area contributed by atoms with Crippen molar-refractivity contribution in [2.24, 2.45) is 11.7 Å². The molecule has 0 aliphatic rings. The lowest BCUT2D eigenvalue weighted by Crippen LogP contribution is -2.11. The van der Waals surface area contributed by atoms with Gasteiger partial charge in [-0.15, -0.1) is 11.8 Å². The van der Waals surface area contributed by atoms with Crippen LogP contribution >= 0.6 is 11.8 Å². The number of nitrogens with zero attached hydrogens (tertiary/aromatic N) is 2. The fourth-order valence-electron chi connectivity index (χ4n) is 1.60. The third-order valence-corrected chi connectivity index (χ3v) is 3.88. The van der Waals surface area contributed by atoms with Crippen LogP contribution in [0, 0.1) is 5.92 Å². The molecule has 2 rings (SSSR count). The second-order valence-electron chi connectivity index (χ2n) is 4.59. The first-order valence-electron chi connectivity index (χ1n) is 6.47. The number of aryl methyl sites for hydroxylation is 1. The fourth-order valence-corrected chi connectivity index (χ4v) is 2.37. The smallest absolute Gasteiger partial charge is 0.226 e. The molecule has 0 aliphatic carbocycles. The molecule has 0 saturated heterocycles. The molecule has 2 N–H and O–H groups in total. The van der Waals surface area contributed by atoms with Crippen molar-refractivity contribution in [2.45, 2.75) is 30.4 Å². The lowest BCUT2D eigenvalue weighted by molar-refractivity contribution is 0.362. The molecular weight excluding hydrogens is 258 g/mol. The van der Waals surface area contributed by atoms with Gasteiger partial charge in [0.25, 0.3) is 0 Å². The van der Waals surface area contributed by atoms with Gasteiger partial charge in [-0.2, -0.15) is 4.98 Å². The monoisotopic (exact) mass is 277 g/mol. The summed E-state index contributed by atoms with van der Waals surface area (Å²) in [5, 5.41) is 4.00. The van der Waals surface area contributed by atoms with E-state index in [0.29, 0.717) is 18.4 Å². The summed E-state index contributed by atoms with van der Waals surface area (Å²) < 4.78 is 5.23. The van der Waals surface area contributed by atoms with Crippen LogP contribution in [0.4, 0.5) is 0 Å². The maximum atomic E-state index is 5.58. The van der Waals surface area contributed by atoms with Gasteiger partial charge in [-0.1, -0.05) is 30.3 Å². The Kier molecular flexibility index (Phi) is 5.42. The van der Waals surface area contributed by atoms with Gasteiger partial charge in [-0.25, -0.2) is 0 Å². The molecule has 1 atom stereocenters. The number of benzene rings is 1. The minimum Gasteiger partial charge on any atom is -0.339 e. The minimum absolute atomic E-state index is 0.494. The van der Waals surface area contributed by atoms with Crippen LogP contribution in [0.3, 0.4) is 0 Å². The molecule has 2 aromatic rings. The van der Waals surface area contributed by atoms with Crippen molar-refractivity contribution in [3.05, 3.63) is 42.0 Å². The van der Waals surface area contributed by atoms with Crippen LogP contribution in [-0.4, -0.2) is 16.7 Å². The average molecular weight is 277 g/mol. The SMILES string of the molecule is CC(CN)CCc1nc(CSc2ccccc2)no1. The summed E-state index contributed by atoms with van der Waals surface area (Å²) in [6.07, 6.45) is 1.80. The van der Waals surface area contributed by atoms with Crippen LogP contribution < -0.4 is 5.73 Å². The number of thioether (sulfide) groups is 1. The van der Waals surface area contributed by atoms with E-state index in [1.807, 2.05) is 18.2 Å². The second kappa shape index (κ2) is 7.31. The zero-order valence-electron chi connectivity index (χ0n) is 11.1. The summed E-state index contributed by atoms with van der Waals surface area (Å²) in [6, 6.07) is 10.2. The highest BCUT2D eigenvalue weighted by Gasteiger charge is 2.08. The van der Waals surface area contributed by atoms with Crippen LogP contribution in [0.15, 0.2) is 39.8 Å². The largest absolute Gasteiger partial charge is 0.339 e. The van der Waals surface area contributed by atoms with Crippen LogP contribution in [0.1, 0.15) is 25.1 Å². The van der Waals surface area contributed by atoms with E-state index in [-0.39, 0.29) is 0 Å². The highest BCUT2D eigenvalue weighted by atomic mass is 32.2. The van der Waals surface area contributed by atoms with E-state index in [4.69, 9.17) is 10.3 Å². The Morgan fingerprint density at radius 3 is 2.84 bits per heavy atom. The molecule has 0 bridgehead atoms. The second-order valence-corrected chi connectivity index (χ2v) is 5.63. The van der Waals surface area contributed by atoms with Crippen molar-refractivity contribution in [1.29, 1.82) is 0 Å². The van der Waals surface area contributed by atoms with Gasteiger partial charge >= 0.3 is 0 Å². The molecule has 0 saturated carbocycles. The normalized spacial score (nSPS) is 12.5. The zero-order valence-corrected chi connectivity index (χ0v) is 11.9. The van der Waals surface area contributed by atoms with Gasteiger partial charge in [0, 0.05) is 11.3 Å². The van der Waals surface area contributed by atoms with Crippen LogP contribution in [0.25, 0.3) is 0 Å². The van der Waals surface area contributed by atoms with Crippen molar-refractivity contribution >= 4 is 11.8 Å². The molecule has 4 nitrogen and oxygen atoms in total. The van der Waals surface area contributed by atoms with Crippen LogP contribution in [0.2, 0.25) is 0 Å². The Labute approximate surface area is 117 Å². The molecule has 1 heterocycles. The lowest BCUT2D eigenvalue weighted by atomic mass is 10.1. The molecule has 5 heteroatoms. The van der Waals surface area contributed by atoms with Crippen molar-refractivity contribution in [3.8, 4) is 0 Å². The topological polar surface area (TPSA) is 64.9 Å². The maximum Gasteiger partial charge on any atom is 0.226 e. The third kappa shape index (κ3) is 4.69. The Hall–Kier alpha value is -1.33. The molecule has 102 valence electrons. The van der Waals surface area contributed by atoms with Gasteiger partial charge in [0.05, 0.1) is 5.75 Å². The summed E-state index contributed by atoms with van der Waals surface area (Å²) in [7, 11) is 0. The van der Waals surface area contributed by atoms with Crippen molar-refractivity contribution in [3.63, 3.8) is 0 Å². The van der Waals surface area contributed by atoms with Gasteiger partial charge in [-0.3, -0.25) is 0 Å². The van der Waals surface area contributed by atoms with Crippen LogP contribution in [-0.2, 0) is 12.2 Å². The molecule has 0 radical (unpaired) electrons. The predicted molar refractivity (Wildman–Crippen MR) is 76.8 cm³/mol. The molecule has 1 aromatic carbocycles. The number of hydrogen-bond donors (Lipinski definition) is 1. The number of rotatable bonds is 7. The predicted octanol–water partition coefficient (Wildman–Crippen LogP) is 2.89. The molecule has 1 aromatic heterocycles. The van der Waals surface area contributed by atoms with E-state index in [0.717, 1.165) is 24.4 Å². The first-order valence-corrected chi connectivity index (χ1v) is 7.46. The van der Waals surface area contributed by atoms with Gasteiger partial charge in [0.15, 0.2) is 5.82 Å². The maximum absolute atomic E-state index is 5.58. The van der Waals surface area contributed by atoms with E-state index in [1.54, 1.807) is 11.8 Å². The first kappa shape index (κ1) is 14.1. The first-order chi connectivity index (χ1) is 9.28. The summed E-state index contributed by atoms with van der Waals surface area (Å²) >= 11 is 1.71. The molecule has 0 amide bonds. The fraction of sp³-hybridized carbons (Fsp3) is 0.429. The van der Waals surface area contributed by atoms with E-state index in [9.17, 15) is 0 Å². The lowest BCUT2D eigenvalue weighted by Gasteiger charge is -2.03. The summed E-state index contributed by atoms with van der Waals surface area (Å²) in [5.74, 6) is 2.70. The van der Waals surface area contributed by atoms with E-state index < -0.39 is 0 Å². The Bertz CT molecular complexity index is 486. The van der Waals surface area contributed by atoms with E-state index in [1.165, 1.54) is 4.90 Å². The molecule has 0 fully saturated rings. The molecular formula is C14H19N3OS. The average Bonchev–Trinajstić information content (AvgIpc) is 2.91. The molecule has 1 unspecified atom stereocenters. The van der Waals surface area contributed by atoms with E-state index in [2.05, 4.69) is 29.2 Å². The van der Waals surface area contributed by atoms with Crippen molar-refractivity contribution in [1.82, 2.24) is 10.1 Å². The molecule has 19 heavy (non-hydrogen) atoms. The minimum atomic E-state index is 0.494. The highest BCUT2D eigenvalue weighted by molar-refractivity contribution is 7.98. The van der Waals surface area contributed by atoms with Crippen molar-refractivity contribution in [2.75, 3.05) is 6.54 Å². The third-order valence-electron chi connectivity index (χ3n) is 2.87. The zero-order chi connectivity index (χ0) is 13.5. The van der Waals surface area contributed by atoms with Gasteiger partial charge < -0.3 is 10.3 Å². The quantitative estimate of drug-likeness (QED) is 0.788. The van der Waals surface area contributed by atoms with Gasteiger partial charge in [-0.05, 0) is 31.0 Å². The summed E-state index contributed by atoms with van der Waals surface area (Å²) in [5.41, 5.74) is 5.58. The summed E-state index contributed by atoms with van der Waals surface area (Å²) in [6.45, 7) is 2.83. The number of hydrogen-bond acceptors (Lipinski definition) is 5. The standard InChI is InChI=1S/C14H19N3OS/c1-11(9-15)7-8-14-16-13(17-18-14)10-19-12-5-3-2-4-6-12/h2-6,11H,7-10,15H2,1H3. The number of nitrogens with two attached hydrogens (primary N) is 1. The molecule has 0 spiro atoms. The van der Waals surface area contributed by atoms with Gasteiger partial charge in [0.1, 0.15) is 0 Å². The van der Waals surface area contributed by atoms with E-state index >= 15 is 0 Å². The van der Waals surface area contributed by atoms with Gasteiger partial charge in [0.2, 0.25) is 5.89 Å². The Morgan fingerprint density at radius 1 is 1.32 bits per heavy atom. The molecule has 0 aliphatic heterocycles. The Morgan fingerprint density at radius 2 is 2.11 bits per heavy atom.